The van der Waals surface area contributed by atoms with Crippen molar-refractivity contribution in [1.82, 2.24) is 15.5 Å². The summed E-state index contributed by atoms with van der Waals surface area (Å²) in [6.07, 6.45) is 2.39. The van der Waals surface area contributed by atoms with Crippen molar-refractivity contribution in [2.24, 2.45) is 4.99 Å². The number of hydrogen-bond donors (Lipinski definition) is 2. The van der Waals surface area contributed by atoms with E-state index >= 15 is 0 Å². The average Bonchev–Trinajstić information content (AvgIpc) is 3.34. The second kappa shape index (κ2) is 11.9. The molecule has 8 nitrogen and oxygen atoms in total. The van der Waals surface area contributed by atoms with E-state index in [1.807, 2.05) is 25.1 Å². The predicted octanol–water partition coefficient (Wildman–Crippen LogP) is 4.06. The summed E-state index contributed by atoms with van der Waals surface area (Å²) in [5, 5.41) is 12.6. The zero-order chi connectivity index (χ0) is 20.6. The second-order valence-corrected chi connectivity index (χ2v) is 7.84. The molecule has 0 spiro atoms. The largest absolute Gasteiger partial charge is 0.490 e. The van der Waals surface area contributed by atoms with Gasteiger partial charge in [-0.15, -0.1) is 35.3 Å². The molecule has 0 bridgehead atoms. The molecular weight excluding hydrogens is 529 g/mol. The molecule has 0 fully saturated rings. The maximum Gasteiger partial charge on any atom is 0.228 e. The molecular formula is C21H26IN5O3S. The van der Waals surface area contributed by atoms with E-state index in [1.165, 1.54) is 4.88 Å². The Labute approximate surface area is 202 Å². The summed E-state index contributed by atoms with van der Waals surface area (Å²) in [5.41, 5.74) is 0.884. The van der Waals surface area contributed by atoms with Crippen molar-refractivity contribution in [3.05, 3.63) is 52.3 Å². The van der Waals surface area contributed by atoms with Gasteiger partial charge in [0.25, 0.3) is 0 Å². The van der Waals surface area contributed by atoms with Crippen molar-refractivity contribution < 1.29 is 14.0 Å². The molecule has 1 aliphatic heterocycles. The van der Waals surface area contributed by atoms with E-state index in [0.717, 1.165) is 30.0 Å². The third kappa shape index (κ3) is 7.10. The fraction of sp³-hybridized carbons (Fsp3) is 0.381. The van der Waals surface area contributed by atoms with Crippen LogP contribution in [0.4, 0.5) is 5.69 Å². The number of anilines is 1. The molecule has 1 aliphatic rings. The SMILES string of the molecule is Cc1noc(CCNC(=NCCc2cccs2)Nc2ccc3c(c2)OCCCO3)n1.I. The Morgan fingerprint density at radius 3 is 2.81 bits per heavy atom. The quantitative estimate of drug-likeness (QED) is 0.258. The lowest BCUT2D eigenvalue weighted by Gasteiger charge is -2.14. The molecule has 166 valence electrons. The van der Waals surface area contributed by atoms with Gasteiger partial charge in [-0.2, -0.15) is 4.98 Å². The Hall–Kier alpha value is -2.34. The fourth-order valence-corrected chi connectivity index (χ4v) is 3.68. The summed E-state index contributed by atoms with van der Waals surface area (Å²) in [6.45, 7) is 4.44. The van der Waals surface area contributed by atoms with Gasteiger partial charge in [0.1, 0.15) is 0 Å². The highest BCUT2D eigenvalue weighted by Crippen LogP contribution is 2.32. The highest BCUT2D eigenvalue weighted by Gasteiger charge is 2.12. The molecule has 0 saturated heterocycles. The molecule has 0 aliphatic carbocycles. The number of aliphatic imine (C=N–C) groups is 1. The molecule has 0 unspecified atom stereocenters. The summed E-state index contributed by atoms with van der Waals surface area (Å²) >= 11 is 1.75. The average molecular weight is 555 g/mol. The number of nitrogens with one attached hydrogen (secondary N) is 2. The zero-order valence-corrected chi connectivity index (χ0v) is 20.4. The molecule has 2 N–H and O–H groups in total. The first kappa shape index (κ1) is 23.3. The predicted molar refractivity (Wildman–Crippen MR) is 132 cm³/mol. The van der Waals surface area contributed by atoms with Crippen LogP contribution in [0.3, 0.4) is 0 Å². The lowest BCUT2D eigenvalue weighted by Crippen LogP contribution is -2.32. The normalized spacial score (nSPS) is 13.3. The molecule has 0 amide bonds. The fourth-order valence-electron chi connectivity index (χ4n) is 2.98. The number of hydrogen-bond acceptors (Lipinski definition) is 7. The molecule has 0 saturated carbocycles. The summed E-state index contributed by atoms with van der Waals surface area (Å²) in [4.78, 5) is 10.3. The van der Waals surface area contributed by atoms with Crippen LogP contribution < -0.4 is 20.1 Å². The van der Waals surface area contributed by atoms with Gasteiger partial charge in [0.05, 0.1) is 13.2 Å². The van der Waals surface area contributed by atoms with E-state index in [0.29, 0.717) is 50.4 Å². The number of rotatable bonds is 7. The van der Waals surface area contributed by atoms with Crippen LogP contribution in [-0.2, 0) is 12.8 Å². The zero-order valence-electron chi connectivity index (χ0n) is 17.3. The Bertz CT molecular complexity index is 977. The summed E-state index contributed by atoms with van der Waals surface area (Å²) in [6, 6.07) is 10.0. The van der Waals surface area contributed by atoms with Gasteiger partial charge in [-0.1, -0.05) is 11.2 Å². The monoisotopic (exact) mass is 555 g/mol. The van der Waals surface area contributed by atoms with Gasteiger partial charge in [-0.25, -0.2) is 0 Å². The third-order valence-corrected chi connectivity index (χ3v) is 5.36. The van der Waals surface area contributed by atoms with Crippen molar-refractivity contribution in [3.8, 4) is 11.5 Å². The lowest BCUT2D eigenvalue weighted by atomic mass is 10.2. The van der Waals surface area contributed by atoms with E-state index in [-0.39, 0.29) is 24.0 Å². The van der Waals surface area contributed by atoms with E-state index in [4.69, 9.17) is 19.0 Å². The topological polar surface area (TPSA) is 93.8 Å². The van der Waals surface area contributed by atoms with Gasteiger partial charge in [-0.05, 0) is 30.5 Å². The van der Waals surface area contributed by atoms with Crippen LogP contribution in [0.15, 0.2) is 45.2 Å². The minimum Gasteiger partial charge on any atom is -0.490 e. The first-order valence-electron chi connectivity index (χ1n) is 10.0. The molecule has 0 atom stereocenters. The van der Waals surface area contributed by atoms with Crippen molar-refractivity contribution >= 4 is 47.0 Å². The minimum atomic E-state index is 0. The number of thiophene rings is 1. The number of nitrogens with zero attached hydrogens (tertiary/aromatic N) is 3. The van der Waals surface area contributed by atoms with Crippen molar-refractivity contribution in [2.75, 3.05) is 31.6 Å². The number of fused-ring (bicyclic) bond motifs is 1. The number of guanidine groups is 1. The number of aryl methyl sites for hydroxylation is 1. The van der Waals surface area contributed by atoms with Gasteiger partial charge in [-0.3, -0.25) is 4.99 Å². The minimum absolute atomic E-state index is 0. The van der Waals surface area contributed by atoms with Gasteiger partial charge >= 0.3 is 0 Å². The number of aromatic nitrogens is 2. The van der Waals surface area contributed by atoms with Crippen molar-refractivity contribution in [2.45, 2.75) is 26.2 Å². The molecule has 0 radical (unpaired) electrons. The Morgan fingerprint density at radius 2 is 2.03 bits per heavy atom. The Kier molecular flexibility index (Phi) is 8.95. The molecule has 1 aromatic carbocycles. The number of benzene rings is 1. The first-order valence-corrected chi connectivity index (χ1v) is 10.9. The smallest absolute Gasteiger partial charge is 0.228 e. The summed E-state index contributed by atoms with van der Waals surface area (Å²) < 4.78 is 16.7. The Balaban J connectivity index is 0.00000272. The van der Waals surface area contributed by atoms with Crippen LogP contribution >= 0.6 is 35.3 Å². The van der Waals surface area contributed by atoms with Crippen molar-refractivity contribution in [1.29, 1.82) is 0 Å². The first-order chi connectivity index (χ1) is 14.8. The maximum atomic E-state index is 5.79. The van der Waals surface area contributed by atoms with E-state index < -0.39 is 0 Å². The van der Waals surface area contributed by atoms with Gasteiger partial charge in [0.2, 0.25) is 5.89 Å². The highest BCUT2D eigenvalue weighted by molar-refractivity contribution is 14.0. The summed E-state index contributed by atoms with van der Waals surface area (Å²) in [5.74, 6) is 3.46. The van der Waals surface area contributed by atoms with Crippen LogP contribution in [0.25, 0.3) is 0 Å². The Morgan fingerprint density at radius 1 is 1.16 bits per heavy atom. The molecule has 2 aromatic heterocycles. The van der Waals surface area contributed by atoms with Crippen molar-refractivity contribution in [3.63, 3.8) is 0 Å². The maximum absolute atomic E-state index is 5.79. The van der Waals surface area contributed by atoms with E-state index in [1.54, 1.807) is 11.3 Å². The number of halogens is 1. The molecule has 3 heterocycles. The third-order valence-electron chi connectivity index (χ3n) is 4.42. The van der Waals surface area contributed by atoms with Gasteiger partial charge in [0.15, 0.2) is 23.3 Å². The second-order valence-electron chi connectivity index (χ2n) is 6.81. The lowest BCUT2D eigenvalue weighted by molar-refractivity contribution is 0.297. The molecule has 3 aromatic rings. The number of ether oxygens (including phenoxy) is 2. The van der Waals surface area contributed by atoms with Gasteiger partial charge < -0.3 is 24.6 Å². The van der Waals surface area contributed by atoms with Gasteiger partial charge in [0, 0.05) is 49.0 Å². The van der Waals surface area contributed by atoms with Crippen LogP contribution in [0.5, 0.6) is 11.5 Å². The summed E-state index contributed by atoms with van der Waals surface area (Å²) in [7, 11) is 0. The van der Waals surface area contributed by atoms with Crippen LogP contribution in [0.1, 0.15) is 23.0 Å². The molecule has 31 heavy (non-hydrogen) atoms. The van der Waals surface area contributed by atoms with Crippen LogP contribution in [0, 0.1) is 6.92 Å². The molecule has 4 rings (SSSR count). The van der Waals surface area contributed by atoms with E-state index in [9.17, 15) is 0 Å². The highest BCUT2D eigenvalue weighted by atomic mass is 127. The molecule has 10 heteroatoms. The standard InChI is InChI=1S/C21H25N5O3S.HI/c1-15-24-20(29-26-15)8-10-23-21(22-9-7-17-4-2-13-30-17)25-16-5-6-18-19(14-16)28-12-3-11-27-18;/h2,4-6,13-14H,3,7-12H2,1H3,(H2,22,23,25);1H. The van der Waals surface area contributed by atoms with Crippen LogP contribution in [0.2, 0.25) is 0 Å². The van der Waals surface area contributed by atoms with E-state index in [2.05, 4.69) is 38.3 Å². The van der Waals surface area contributed by atoms with Crippen LogP contribution in [-0.4, -0.2) is 42.4 Å².